The Bertz CT molecular complexity index is 617. The van der Waals surface area contributed by atoms with E-state index in [-0.39, 0.29) is 18.4 Å². The Hall–Kier alpha value is -1.39. The number of hydrogen-bond donors (Lipinski definition) is 1. The number of rotatable bonds is 3. The fourth-order valence-electron chi connectivity index (χ4n) is 3.73. The molecule has 116 valence electrons. The predicted octanol–water partition coefficient (Wildman–Crippen LogP) is -0.780. The number of fused-ring (bicyclic) bond motifs is 4. The molecular weight excluding hydrogens is 302 g/mol. The molecule has 4 rings (SSSR count). The molecular formula is C11H15N3O6S. The zero-order valence-electron chi connectivity index (χ0n) is 11.1. The van der Waals surface area contributed by atoms with Crippen LogP contribution in [-0.4, -0.2) is 71.0 Å². The second-order valence-corrected chi connectivity index (χ2v) is 7.08. The first-order valence-corrected chi connectivity index (χ1v) is 8.29. The zero-order chi connectivity index (χ0) is 14.9. The molecule has 0 radical (unpaired) electrons. The van der Waals surface area contributed by atoms with Crippen molar-refractivity contribution < 1.29 is 26.8 Å². The summed E-state index contributed by atoms with van der Waals surface area (Å²) in [5, 5.41) is 0.683. The topological polar surface area (TPSA) is 107 Å². The van der Waals surface area contributed by atoms with Gasteiger partial charge in [0.2, 0.25) is 5.91 Å². The fraction of sp³-hybridized carbons (Fsp3) is 0.818. The normalized spacial score (nSPS) is 35.7. The van der Waals surface area contributed by atoms with Crippen LogP contribution in [0.3, 0.4) is 0 Å². The van der Waals surface area contributed by atoms with Crippen molar-refractivity contribution in [1.29, 1.82) is 0 Å². The van der Waals surface area contributed by atoms with Gasteiger partial charge in [0.05, 0.1) is 6.04 Å². The average molecular weight is 317 g/mol. The second kappa shape index (κ2) is 4.08. The maximum atomic E-state index is 12.5. The van der Waals surface area contributed by atoms with Gasteiger partial charge in [0.1, 0.15) is 6.04 Å². The lowest BCUT2D eigenvalue weighted by Gasteiger charge is -2.30. The minimum Gasteiger partial charge on any atom is -0.338 e. The third kappa shape index (κ3) is 2.00. The van der Waals surface area contributed by atoms with Gasteiger partial charge in [0.25, 0.3) is 0 Å². The maximum Gasteiger partial charge on any atom is 0.418 e. The van der Waals surface area contributed by atoms with Crippen LogP contribution >= 0.6 is 0 Å². The van der Waals surface area contributed by atoms with Crippen molar-refractivity contribution in [2.75, 3.05) is 13.1 Å². The number of likely N-dealkylation sites (tertiary alicyclic amines) is 1. The molecule has 4 fully saturated rings. The molecule has 0 aromatic rings. The molecule has 3 saturated heterocycles. The summed E-state index contributed by atoms with van der Waals surface area (Å²) in [5.41, 5.74) is 0. The lowest BCUT2D eigenvalue weighted by atomic mass is 9.91. The third-order valence-electron chi connectivity index (χ3n) is 4.66. The van der Waals surface area contributed by atoms with Gasteiger partial charge in [-0.2, -0.15) is 13.5 Å². The van der Waals surface area contributed by atoms with Crippen LogP contribution in [0.1, 0.15) is 19.3 Å². The van der Waals surface area contributed by atoms with Gasteiger partial charge in [-0.1, -0.05) is 0 Å². The van der Waals surface area contributed by atoms with Gasteiger partial charge in [-0.15, -0.1) is 4.28 Å². The van der Waals surface area contributed by atoms with Gasteiger partial charge in [-0.05, 0) is 19.3 Å². The van der Waals surface area contributed by atoms with E-state index in [4.69, 9.17) is 4.55 Å². The van der Waals surface area contributed by atoms with Crippen molar-refractivity contribution >= 4 is 22.3 Å². The van der Waals surface area contributed by atoms with Crippen LogP contribution in [0.2, 0.25) is 0 Å². The first kappa shape index (κ1) is 13.3. The molecule has 21 heavy (non-hydrogen) atoms. The van der Waals surface area contributed by atoms with E-state index in [1.54, 1.807) is 0 Å². The summed E-state index contributed by atoms with van der Waals surface area (Å²) in [4.78, 5) is 27.9. The molecule has 0 unspecified atom stereocenters. The number of carbonyl (C=O) groups is 2. The van der Waals surface area contributed by atoms with E-state index in [1.807, 2.05) is 4.90 Å². The lowest BCUT2D eigenvalue weighted by molar-refractivity contribution is -0.132. The van der Waals surface area contributed by atoms with Crippen LogP contribution in [0.25, 0.3) is 0 Å². The summed E-state index contributed by atoms with van der Waals surface area (Å²) in [6.07, 6.45) is 2.53. The van der Waals surface area contributed by atoms with E-state index in [1.165, 1.54) is 4.90 Å². The maximum absolute atomic E-state index is 12.5. The number of carbonyl (C=O) groups excluding carboxylic acids is 2. The summed E-state index contributed by atoms with van der Waals surface area (Å²) in [6, 6.07) is -1.34. The molecule has 0 aromatic heterocycles. The Morgan fingerprint density at radius 2 is 1.81 bits per heavy atom. The van der Waals surface area contributed by atoms with Crippen LogP contribution in [0.15, 0.2) is 0 Å². The van der Waals surface area contributed by atoms with E-state index < -0.39 is 28.5 Å². The SMILES string of the molecule is O=C1[C@@H]2[C@@H](C[C@@H]3CN2C(=O)N3OS(=O)(=O)O)CN1C1CC1. The monoisotopic (exact) mass is 317 g/mol. The van der Waals surface area contributed by atoms with Crippen LogP contribution in [0, 0.1) is 5.92 Å². The quantitative estimate of drug-likeness (QED) is 0.684. The summed E-state index contributed by atoms with van der Waals surface area (Å²) in [6.45, 7) is 0.855. The molecule has 1 saturated carbocycles. The molecule has 4 aliphatic rings. The number of urea groups is 1. The lowest BCUT2D eigenvalue weighted by Crippen LogP contribution is -2.48. The van der Waals surface area contributed by atoms with Gasteiger partial charge in [0.15, 0.2) is 0 Å². The van der Waals surface area contributed by atoms with Crippen LogP contribution < -0.4 is 0 Å². The molecule has 1 N–H and O–H groups in total. The Morgan fingerprint density at radius 3 is 2.43 bits per heavy atom. The number of hydrogen-bond acceptors (Lipinski definition) is 5. The van der Waals surface area contributed by atoms with Gasteiger partial charge in [-0.25, -0.2) is 4.79 Å². The highest BCUT2D eigenvalue weighted by Crippen LogP contribution is 2.42. The first-order valence-electron chi connectivity index (χ1n) is 6.92. The molecule has 1 aliphatic carbocycles. The van der Waals surface area contributed by atoms with Crippen molar-refractivity contribution in [2.45, 2.75) is 37.4 Å². The van der Waals surface area contributed by atoms with Gasteiger partial charge in [-0.3, -0.25) is 9.35 Å². The number of piperidine rings is 1. The first-order chi connectivity index (χ1) is 9.85. The number of nitrogens with zero attached hydrogens (tertiary/aromatic N) is 3. The zero-order valence-corrected chi connectivity index (χ0v) is 11.9. The van der Waals surface area contributed by atoms with Crippen molar-refractivity contribution in [3.63, 3.8) is 0 Å². The summed E-state index contributed by atoms with van der Waals surface area (Å²) < 4.78 is 34.8. The van der Waals surface area contributed by atoms with Crippen LogP contribution in [0.5, 0.6) is 0 Å². The van der Waals surface area contributed by atoms with Gasteiger partial charge < -0.3 is 9.80 Å². The standard InChI is InChI=1S/C11H15N3O6S/c15-10-9-6(4-12(10)7-1-2-7)3-8-5-13(9)11(16)14(8)20-21(17,18)19/h6-9H,1-5H2,(H,17,18,19)/t6-,8+,9-/m0/s1. The second-order valence-electron chi connectivity index (χ2n) is 6.08. The van der Waals surface area contributed by atoms with Gasteiger partial charge in [0, 0.05) is 25.0 Å². The fourth-order valence-corrected chi connectivity index (χ4v) is 4.12. The van der Waals surface area contributed by atoms with E-state index >= 15 is 0 Å². The molecule has 2 bridgehead atoms. The highest BCUT2D eigenvalue weighted by molar-refractivity contribution is 7.80. The average Bonchev–Trinajstić information content (AvgIpc) is 3.14. The predicted molar refractivity (Wildman–Crippen MR) is 67.0 cm³/mol. The van der Waals surface area contributed by atoms with Crippen molar-refractivity contribution in [1.82, 2.24) is 14.9 Å². The third-order valence-corrected chi connectivity index (χ3v) is 5.01. The summed E-state index contributed by atoms with van der Waals surface area (Å²) in [5.74, 6) is -0.0567. The number of hydroxylamine groups is 2. The van der Waals surface area contributed by atoms with Crippen molar-refractivity contribution in [2.24, 2.45) is 5.92 Å². The van der Waals surface area contributed by atoms with E-state index in [2.05, 4.69) is 4.28 Å². The summed E-state index contributed by atoms with van der Waals surface area (Å²) in [7, 11) is -4.75. The Kier molecular flexibility index (Phi) is 2.58. The van der Waals surface area contributed by atoms with Gasteiger partial charge >= 0.3 is 16.4 Å². The molecule has 3 heterocycles. The largest absolute Gasteiger partial charge is 0.418 e. The van der Waals surface area contributed by atoms with Crippen LogP contribution in [0.4, 0.5) is 4.79 Å². The van der Waals surface area contributed by atoms with E-state index in [0.29, 0.717) is 24.1 Å². The Labute approximate surface area is 121 Å². The van der Waals surface area contributed by atoms with E-state index in [0.717, 1.165) is 12.8 Å². The molecule has 0 aromatic carbocycles. The number of amides is 3. The Balaban J connectivity index is 1.59. The molecule has 3 atom stereocenters. The molecule has 10 heteroatoms. The highest BCUT2D eigenvalue weighted by atomic mass is 32.3. The Morgan fingerprint density at radius 1 is 1.10 bits per heavy atom. The van der Waals surface area contributed by atoms with Crippen molar-refractivity contribution in [3.05, 3.63) is 0 Å². The minimum absolute atomic E-state index is 0.00389. The van der Waals surface area contributed by atoms with Crippen molar-refractivity contribution in [3.8, 4) is 0 Å². The molecule has 0 spiro atoms. The summed E-state index contributed by atoms with van der Waals surface area (Å²) >= 11 is 0. The molecule has 3 aliphatic heterocycles. The highest BCUT2D eigenvalue weighted by Gasteiger charge is 2.58. The molecule has 3 amide bonds. The minimum atomic E-state index is -4.75. The van der Waals surface area contributed by atoms with E-state index in [9.17, 15) is 18.0 Å². The smallest absolute Gasteiger partial charge is 0.338 e. The molecule has 9 nitrogen and oxygen atoms in total. The van der Waals surface area contributed by atoms with Crippen LogP contribution in [-0.2, 0) is 19.5 Å².